The lowest BCUT2D eigenvalue weighted by Crippen LogP contribution is -2.29. The number of hydrogen-bond acceptors (Lipinski definition) is 3. The van der Waals surface area contributed by atoms with Crippen molar-refractivity contribution in [2.24, 2.45) is 5.92 Å². The number of rotatable bonds is 5. The molecule has 2 aromatic carbocycles. The topological polar surface area (TPSA) is 75.6 Å². The van der Waals surface area contributed by atoms with Gasteiger partial charge in [-0.15, -0.1) is 0 Å². The molecule has 2 atom stereocenters. The zero-order valence-electron chi connectivity index (χ0n) is 17.0. The summed E-state index contributed by atoms with van der Waals surface area (Å²) in [5.74, 6) is 0.260. The molecule has 0 unspecified atom stereocenters. The summed E-state index contributed by atoms with van der Waals surface area (Å²) in [5, 5.41) is 15.9. The number of hydrogen-bond donors (Lipinski definition) is 2. The van der Waals surface area contributed by atoms with Crippen LogP contribution < -0.4 is 5.32 Å². The number of nitrogens with one attached hydrogen (secondary N) is 2. The van der Waals surface area contributed by atoms with Crippen LogP contribution in [0.25, 0.3) is 33.3 Å². The van der Waals surface area contributed by atoms with Crippen LogP contribution in [0.5, 0.6) is 0 Å². The van der Waals surface area contributed by atoms with Gasteiger partial charge in [-0.3, -0.25) is 14.6 Å². The predicted molar refractivity (Wildman–Crippen MR) is 118 cm³/mol. The Morgan fingerprint density at radius 2 is 1.97 bits per heavy atom. The Kier molecular flexibility index (Phi) is 4.83. The zero-order valence-corrected chi connectivity index (χ0v) is 17.0. The molecule has 30 heavy (non-hydrogen) atoms. The number of benzene rings is 2. The van der Waals surface area contributed by atoms with E-state index in [0.717, 1.165) is 47.0 Å². The van der Waals surface area contributed by atoms with Crippen LogP contribution in [0.4, 0.5) is 0 Å². The molecule has 6 heteroatoms. The molecule has 2 aromatic heterocycles. The number of fused-ring (bicyclic) bond motifs is 1. The SMILES string of the molecule is CCNC(=O)[C@H]1CC[C@@H](n2nccc2-c2ccc(-c3cccc4[nH]ncc34)cc2)C1. The first-order valence-corrected chi connectivity index (χ1v) is 10.6. The number of nitrogens with zero attached hydrogens (tertiary/aromatic N) is 3. The van der Waals surface area contributed by atoms with Crippen LogP contribution >= 0.6 is 0 Å². The van der Waals surface area contributed by atoms with E-state index in [-0.39, 0.29) is 17.9 Å². The maximum absolute atomic E-state index is 12.2. The van der Waals surface area contributed by atoms with Gasteiger partial charge in [-0.2, -0.15) is 10.2 Å². The maximum atomic E-state index is 12.2. The summed E-state index contributed by atoms with van der Waals surface area (Å²) in [6.45, 7) is 2.65. The number of H-pyrrole nitrogens is 1. The Hall–Kier alpha value is -3.41. The summed E-state index contributed by atoms with van der Waals surface area (Å²) < 4.78 is 2.10. The molecule has 1 aliphatic rings. The summed E-state index contributed by atoms with van der Waals surface area (Å²) in [6.07, 6.45) is 6.48. The van der Waals surface area contributed by atoms with Crippen molar-refractivity contribution in [3.8, 4) is 22.4 Å². The first kappa shape index (κ1) is 18.6. The molecule has 0 bridgehead atoms. The predicted octanol–water partition coefficient (Wildman–Crippen LogP) is 4.57. The first-order valence-electron chi connectivity index (χ1n) is 10.6. The van der Waals surface area contributed by atoms with E-state index >= 15 is 0 Å². The van der Waals surface area contributed by atoms with Gasteiger partial charge in [0.2, 0.25) is 5.91 Å². The summed E-state index contributed by atoms with van der Waals surface area (Å²) in [7, 11) is 0. The number of carbonyl (C=O) groups excluding carboxylic acids is 1. The number of aromatic amines is 1. The second kappa shape index (κ2) is 7.78. The van der Waals surface area contributed by atoms with Crippen molar-refractivity contribution in [2.75, 3.05) is 6.54 Å². The molecule has 4 aromatic rings. The fourth-order valence-corrected chi connectivity index (χ4v) is 4.61. The minimum absolute atomic E-state index is 0.0878. The molecule has 2 heterocycles. The molecular formula is C24H25N5O. The van der Waals surface area contributed by atoms with E-state index in [0.29, 0.717) is 6.54 Å². The van der Waals surface area contributed by atoms with E-state index in [2.05, 4.69) is 61.7 Å². The van der Waals surface area contributed by atoms with Gasteiger partial charge in [-0.25, -0.2) is 0 Å². The molecule has 152 valence electrons. The Bertz CT molecular complexity index is 1170. The van der Waals surface area contributed by atoms with E-state index in [1.165, 1.54) is 5.56 Å². The highest BCUT2D eigenvalue weighted by Gasteiger charge is 2.32. The number of aromatic nitrogens is 4. The van der Waals surface area contributed by atoms with Crippen molar-refractivity contribution in [3.63, 3.8) is 0 Å². The smallest absolute Gasteiger partial charge is 0.223 e. The molecule has 1 amide bonds. The van der Waals surface area contributed by atoms with Crippen LogP contribution in [0.3, 0.4) is 0 Å². The summed E-state index contributed by atoms with van der Waals surface area (Å²) in [6, 6.07) is 17.1. The highest BCUT2D eigenvalue weighted by Crippen LogP contribution is 2.37. The fourth-order valence-electron chi connectivity index (χ4n) is 4.61. The normalized spacial score (nSPS) is 18.7. The van der Waals surface area contributed by atoms with Crippen molar-refractivity contribution in [1.82, 2.24) is 25.3 Å². The average molecular weight is 399 g/mol. The Morgan fingerprint density at radius 3 is 2.80 bits per heavy atom. The molecule has 6 nitrogen and oxygen atoms in total. The first-order chi connectivity index (χ1) is 14.7. The Morgan fingerprint density at radius 1 is 1.13 bits per heavy atom. The third kappa shape index (κ3) is 3.28. The van der Waals surface area contributed by atoms with Gasteiger partial charge in [0.25, 0.3) is 0 Å². The Balaban J connectivity index is 1.40. The molecule has 1 aliphatic carbocycles. The molecule has 1 fully saturated rings. The van der Waals surface area contributed by atoms with E-state index < -0.39 is 0 Å². The van der Waals surface area contributed by atoms with Gasteiger partial charge in [0.15, 0.2) is 0 Å². The lowest BCUT2D eigenvalue weighted by Gasteiger charge is -2.16. The van der Waals surface area contributed by atoms with Gasteiger partial charge in [0.1, 0.15) is 0 Å². The van der Waals surface area contributed by atoms with Crippen molar-refractivity contribution in [2.45, 2.75) is 32.2 Å². The van der Waals surface area contributed by atoms with Gasteiger partial charge >= 0.3 is 0 Å². The van der Waals surface area contributed by atoms with Gasteiger partial charge in [-0.1, -0.05) is 36.4 Å². The molecule has 0 spiro atoms. The van der Waals surface area contributed by atoms with Crippen molar-refractivity contribution < 1.29 is 4.79 Å². The molecular weight excluding hydrogens is 374 g/mol. The van der Waals surface area contributed by atoms with Gasteiger partial charge < -0.3 is 5.32 Å². The lowest BCUT2D eigenvalue weighted by molar-refractivity contribution is -0.124. The minimum atomic E-state index is 0.0878. The largest absolute Gasteiger partial charge is 0.356 e. The molecule has 0 saturated heterocycles. The quantitative estimate of drug-likeness (QED) is 0.516. The van der Waals surface area contributed by atoms with Crippen LogP contribution in [0.15, 0.2) is 60.9 Å². The molecule has 0 aliphatic heterocycles. The molecule has 1 saturated carbocycles. The van der Waals surface area contributed by atoms with Gasteiger partial charge in [0, 0.05) is 24.0 Å². The average Bonchev–Trinajstić information content (AvgIpc) is 3.53. The second-order valence-electron chi connectivity index (χ2n) is 7.93. The third-order valence-electron chi connectivity index (χ3n) is 6.12. The van der Waals surface area contributed by atoms with E-state index in [9.17, 15) is 4.79 Å². The summed E-state index contributed by atoms with van der Waals surface area (Å²) in [5.41, 5.74) is 5.61. The fraction of sp³-hybridized carbons (Fsp3) is 0.292. The number of amides is 1. The van der Waals surface area contributed by atoms with Crippen molar-refractivity contribution >= 4 is 16.8 Å². The maximum Gasteiger partial charge on any atom is 0.223 e. The van der Waals surface area contributed by atoms with Gasteiger partial charge in [0.05, 0.1) is 23.4 Å². The van der Waals surface area contributed by atoms with Crippen LogP contribution in [-0.2, 0) is 4.79 Å². The molecule has 2 N–H and O–H groups in total. The van der Waals surface area contributed by atoms with Gasteiger partial charge in [-0.05, 0) is 55.0 Å². The third-order valence-corrected chi connectivity index (χ3v) is 6.12. The van der Waals surface area contributed by atoms with Crippen molar-refractivity contribution in [3.05, 3.63) is 60.9 Å². The lowest BCUT2D eigenvalue weighted by atomic mass is 10.00. The van der Waals surface area contributed by atoms with Crippen molar-refractivity contribution in [1.29, 1.82) is 0 Å². The molecule has 5 rings (SSSR count). The molecule has 0 radical (unpaired) electrons. The monoisotopic (exact) mass is 399 g/mol. The number of carbonyl (C=O) groups is 1. The van der Waals surface area contributed by atoms with Crippen LogP contribution in [0.1, 0.15) is 32.2 Å². The van der Waals surface area contributed by atoms with Crippen LogP contribution in [0, 0.1) is 5.92 Å². The summed E-state index contributed by atoms with van der Waals surface area (Å²) >= 11 is 0. The summed E-state index contributed by atoms with van der Waals surface area (Å²) in [4.78, 5) is 12.2. The van der Waals surface area contributed by atoms with Crippen LogP contribution in [0.2, 0.25) is 0 Å². The Labute approximate surface area is 175 Å². The standard InChI is InChI=1S/C24H25N5O/c1-2-25-24(30)18-10-11-19(14-18)29-23(12-13-27-29)17-8-6-16(7-9-17)20-4-3-5-22-21(20)15-26-28-22/h3-9,12-13,15,18-19H,2,10-11,14H2,1H3,(H,25,30)(H,26,28)/t18-,19+/m0/s1. The van der Waals surface area contributed by atoms with E-state index in [4.69, 9.17) is 0 Å². The minimum Gasteiger partial charge on any atom is -0.356 e. The van der Waals surface area contributed by atoms with E-state index in [1.807, 2.05) is 31.5 Å². The highest BCUT2D eigenvalue weighted by atomic mass is 16.1. The van der Waals surface area contributed by atoms with E-state index in [1.54, 1.807) is 0 Å². The second-order valence-corrected chi connectivity index (χ2v) is 7.93. The van der Waals surface area contributed by atoms with Crippen LogP contribution in [-0.4, -0.2) is 32.4 Å². The zero-order chi connectivity index (χ0) is 20.5. The highest BCUT2D eigenvalue weighted by molar-refractivity contribution is 5.94.